The van der Waals surface area contributed by atoms with Gasteiger partial charge in [0.05, 0.1) is 0 Å². The molecule has 0 saturated carbocycles. The van der Waals surface area contributed by atoms with Gasteiger partial charge >= 0.3 is 0 Å². The minimum absolute atomic E-state index is 0.0503. The third kappa shape index (κ3) is 3.52. The predicted octanol–water partition coefficient (Wildman–Crippen LogP) is 3.66. The van der Waals surface area contributed by atoms with Crippen LogP contribution in [0.1, 0.15) is 44.0 Å². The van der Waals surface area contributed by atoms with Crippen LogP contribution in [0.5, 0.6) is 0 Å². The lowest BCUT2D eigenvalue weighted by Crippen LogP contribution is -2.43. The first-order chi connectivity index (χ1) is 9.84. The van der Waals surface area contributed by atoms with Crippen molar-refractivity contribution in [1.82, 2.24) is 4.90 Å². The van der Waals surface area contributed by atoms with E-state index in [4.69, 9.17) is 0 Å². The van der Waals surface area contributed by atoms with E-state index in [9.17, 15) is 13.6 Å². The quantitative estimate of drug-likeness (QED) is 0.923. The van der Waals surface area contributed by atoms with Crippen LogP contribution in [0, 0.1) is 17.0 Å². The molecule has 0 unspecified atom stereocenters. The average molecular weight is 296 g/mol. The Hall–Kier alpha value is -1.65. The van der Waals surface area contributed by atoms with Crippen LogP contribution >= 0.6 is 0 Å². The van der Waals surface area contributed by atoms with Gasteiger partial charge in [0.15, 0.2) is 0 Å². The van der Waals surface area contributed by atoms with Crippen molar-refractivity contribution in [2.75, 3.05) is 25.0 Å². The Morgan fingerprint density at radius 1 is 1.33 bits per heavy atom. The minimum atomic E-state index is -0.725. The second-order valence-electron chi connectivity index (χ2n) is 6.34. The monoisotopic (exact) mass is 296 g/mol. The summed E-state index contributed by atoms with van der Waals surface area (Å²) in [6, 6.07) is 2.23. The zero-order valence-corrected chi connectivity index (χ0v) is 12.8. The molecule has 21 heavy (non-hydrogen) atoms. The number of rotatable bonds is 3. The first kappa shape index (κ1) is 15.7. The van der Waals surface area contributed by atoms with Gasteiger partial charge in [-0.15, -0.1) is 0 Å². The Kier molecular flexibility index (Phi) is 4.49. The smallest absolute Gasteiger partial charge is 0.254 e. The van der Waals surface area contributed by atoms with Crippen molar-refractivity contribution >= 4 is 11.6 Å². The lowest BCUT2D eigenvalue weighted by atomic mass is 9.84. The molecule has 1 saturated heterocycles. The van der Waals surface area contributed by atoms with E-state index in [1.54, 1.807) is 11.8 Å². The predicted molar refractivity (Wildman–Crippen MR) is 79.4 cm³/mol. The van der Waals surface area contributed by atoms with Crippen molar-refractivity contribution < 1.29 is 13.6 Å². The van der Waals surface area contributed by atoms with Crippen molar-refractivity contribution in [2.45, 2.75) is 33.6 Å². The number of nitrogens with one attached hydrogen (secondary N) is 1. The first-order valence-corrected chi connectivity index (χ1v) is 7.36. The van der Waals surface area contributed by atoms with Crippen LogP contribution in [-0.4, -0.2) is 30.4 Å². The Morgan fingerprint density at radius 2 is 1.95 bits per heavy atom. The molecule has 1 aliphatic rings. The molecule has 0 atom stereocenters. The molecule has 1 N–H and O–H groups in total. The van der Waals surface area contributed by atoms with Crippen molar-refractivity contribution in [2.24, 2.45) is 5.41 Å². The van der Waals surface area contributed by atoms with Gasteiger partial charge in [-0.2, -0.15) is 0 Å². The molecule has 1 heterocycles. The second kappa shape index (κ2) is 6.00. The molecule has 116 valence electrons. The fourth-order valence-corrected chi connectivity index (χ4v) is 2.82. The van der Waals surface area contributed by atoms with E-state index in [0.29, 0.717) is 19.6 Å². The van der Waals surface area contributed by atoms with Crippen molar-refractivity contribution in [1.29, 1.82) is 0 Å². The van der Waals surface area contributed by atoms with E-state index in [2.05, 4.69) is 19.2 Å². The molecule has 3 nitrogen and oxygen atoms in total. The second-order valence-corrected chi connectivity index (χ2v) is 6.34. The van der Waals surface area contributed by atoms with Crippen molar-refractivity contribution in [3.8, 4) is 0 Å². The van der Waals surface area contributed by atoms with Crippen LogP contribution in [-0.2, 0) is 0 Å². The van der Waals surface area contributed by atoms with Crippen LogP contribution < -0.4 is 5.32 Å². The highest BCUT2D eigenvalue weighted by molar-refractivity contribution is 5.94. The summed E-state index contributed by atoms with van der Waals surface area (Å²) < 4.78 is 27.8. The number of nitrogens with zero attached hydrogens (tertiary/aromatic N) is 1. The van der Waals surface area contributed by atoms with Gasteiger partial charge < -0.3 is 10.2 Å². The van der Waals surface area contributed by atoms with Gasteiger partial charge in [-0.1, -0.05) is 13.8 Å². The number of halogens is 2. The highest BCUT2D eigenvalue weighted by Gasteiger charge is 2.30. The minimum Gasteiger partial charge on any atom is -0.381 e. The number of carbonyl (C=O) groups excluding carboxylic acids is 1. The van der Waals surface area contributed by atoms with Gasteiger partial charge in [-0.25, -0.2) is 8.78 Å². The van der Waals surface area contributed by atoms with Crippen molar-refractivity contribution in [3.05, 3.63) is 29.3 Å². The Labute approximate surface area is 124 Å². The topological polar surface area (TPSA) is 32.3 Å². The number of piperidine rings is 1. The Bertz CT molecular complexity index is 520. The van der Waals surface area contributed by atoms with Crippen molar-refractivity contribution in [3.63, 3.8) is 0 Å². The zero-order valence-electron chi connectivity index (χ0n) is 12.8. The summed E-state index contributed by atoms with van der Waals surface area (Å²) in [6.07, 6.45) is 1.97. The first-order valence-electron chi connectivity index (χ1n) is 7.36. The molecule has 0 spiro atoms. The highest BCUT2D eigenvalue weighted by atomic mass is 19.1. The summed E-state index contributed by atoms with van der Waals surface area (Å²) in [6.45, 7) is 7.63. The SMILES string of the molecule is CCNc1c(F)cc(C(=O)N2CCCC(C)(C)C2)cc1F. The number of hydrogen-bond donors (Lipinski definition) is 1. The average Bonchev–Trinajstić information content (AvgIpc) is 2.40. The van der Waals surface area contributed by atoms with Crippen LogP contribution in [0.25, 0.3) is 0 Å². The fraction of sp³-hybridized carbons (Fsp3) is 0.562. The summed E-state index contributed by atoms with van der Waals surface area (Å²) in [5.41, 5.74) is -0.0493. The molecule has 0 aromatic heterocycles. The zero-order chi connectivity index (χ0) is 15.6. The van der Waals surface area contributed by atoms with Crippen LogP contribution in [0.2, 0.25) is 0 Å². The third-order valence-electron chi connectivity index (χ3n) is 3.83. The normalized spacial score (nSPS) is 17.7. The van der Waals surface area contributed by atoms with E-state index < -0.39 is 11.6 Å². The molecule has 1 aromatic carbocycles. The maximum absolute atomic E-state index is 13.9. The maximum Gasteiger partial charge on any atom is 0.254 e. The summed E-state index contributed by atoms with van der Waals surface area (Å²) in [4.78, 5) is 14.1. The molecule has 2 rings (SSSR count). The van der Waals surface area contributed by atoms with Gasteiger partial charge in [0, 0.05) is 25.2 Å². The number of carbonyl (C=O) groups is 1. The molecule has 5 heteroatoms. The lowest BCUT2D eigenvalue weighted by molar-refractivity contribution is 0.0582. The lowest BCUT2D eigenvalue weighted by Gasteiger charge is -2.38. The molecule has 0 bridgehead atoms. The molecule has 0 aliphatic carbocycles. The summed E-state index contributed by atoms with van der Waals surface area (Å²) in [5, 5.41) is 2.63. The largest absolute Gasteiger partial charge is 0.381 e. The number of benzene rings is 1. The van der Waals surface area contributed by atoms with Crippen LogP contribution in [0.15, 0.2) is 12.1 Å². The highest BCUT2D eigenvalue weighted by Crippen LogP contribution is 2.30. The molecule has 1 aromatic rings. The van der Waals surface area contributed by atoms with Crippen LogP contribution in [0.4, 0.5) is 14.5 Å². The van der Waals surface area contributed by atoms with Gasteiger partial charge in [-0.3, -0.25) is 4.79 Å². The molecular weight excluding hydrogens is 274 g/mol. The van der Waals surface area contributed by atoms with E-state index in [0.717, 1.165) is 25.0 Å². The molecule has 1 fully saturated rings. The number of anilines is 1. The Morgan fingerprint density at radius 3 is 2.48 bits per heavy atom. The number of likely N-dealkylation sites (tertiary alicyclic amines) is 1. The molecule has 0 radical (unpaired) electrons. The summed E-state index contributed by atoms with van der Waals surface area (Å²) >= 11 is 0. The van der Waals surface area contributed by atoms with Crippen LogP contribution in [0.3, 0.4) is 0 Å². The van der Waals surface area contributed by atoms with E-state index in [1.165, 1.54) is 0 Å². The molecule has 1 amide bonds. The fourth-order valence-electron chi connectivity index (χ4n) is 2.82. The molecule has 1 aliphatic heterocycles. The summed E-state index contributed by atoms with van der Waals surface area (Å²) in [7, 11) is 0. The standard InChI is InChI=1S/C16H22F2N2O/c1-4-19-14-12(17)8-11(9-13(14)18)15(21)20-7-5-6-16(2,3)10-20/h8-9,19H,4-7,10H2,1-3H3. The molecular formula is C16H22F2N2O. The van der Waals surface area contributed by atoms with Gasteiger partial charge in [-0.05, 0) is 37.3 Å². The maximum atomic E-state index is 13.9. The number of hydrogen-bond acceptors (Lipinski definition) is 2. The van der Waals surface area contributed by atoms with E-state index in [1.807, 2.05) is 0 Å². The van der Waals surface area contributed by atoms with Gasteiger partial charge in [0.25, 0.3) is 5.91 Å². The van der Waals surface area contributed by atoms with E-state index in [-0.39, 0.29) is 22.6 Å². The number of amides is 1. The van der Waals surface area contributed by atoms with E-state index >= 15 is 0 Å². The summed E-state index contributed by atoms with van der Waals surface area (Å²) in [5.74, 6) is -1.75. The Balaban J connectivity index is 2.23. The van der Waals surface area contributed by atoms with Gasteiger partial charge in [0.1, 0.15) is 17.3 Å². The third-order valence-corrected chi connectivity index (χ3v) is 3.83. The van der Waals surface area contributed by atoms with Gasteiger partial charge in [0.2, 0.25) is 0 Å².